The Kier molecular flexibility index (Phi) is 4.23. The lowest BCUT2D eigenvalue weighted by Gasteiger charge is -2.26. The minimum atomic E-state index is -0.363. The van der Waals surface area contributed by atoms with Gasteiger partial charge in [0.2, 0.25) is 5.95 Å². The van der Waals surface area contributed by atoms with Gasteiger partial charge < -0.3 is 10.1 Å². The van der Waals surface area contributed by atoms with Crippen LogP contribution in [0.4, 0.5) is 5.95 Å². The van der Waals surface area contributed by atoms with Gasteiger partial charge in [-0.05, 0) is 12.0 Å². The second-order valence-corrected chi connectivity index (χ2v) is 5.11. The molecule has 0 amide bonds. The fourth-order valence-corrected chi connectivity index (χ4v) is 2.62. The summed E-state index contributed by atoms with van der Waals surface area (Å²) >= 11 is 0. The van der Waals surface area contributed by atoms with Gasteiger partial charge in [0.1, 0.15) is 12.4 Å². The molecule has 6 nitrogen and oxygen atoms in total. The number of esters is 1. The van der Waals surface area contributed by atoms with Crippen LogP contribution >= 0.6 is 0 Å². The number of benzene rings is 1. The van der Waals surface area contributed by atoms with E-state index in [2.05, 4.69) is 15.4 Å². The fraction of sp³-hybridized carbons (Fsp3) is 0.235. The van der Waals surface area contributed by atoms with E-state index in [0.717, 1.165) is 11.3 Å². The summed E-state index contributed by atoms with van der Waals surface area (Å²) in [6, 6.07) is 9.56. The van der Waals surface area contributed by atoms with Gasteiger partial charge in [0.15, 0.2) is 0 Å². The van der Waals surface area contributed by atoms with E-state index in [0.29, 0.717) is 17.9 Å². The van der Waals surface area contributed by atoms with Crippen molar-refractivity contribution in [2.45, 2.75) is 19.4 Å². The van der Waals surface area contributed by atoms with Gasteiger partial charge >= 0.3 is 5.97 Å². The van der Waals surface area contributed by atoms with Crippen LogP contribution in [-0.4, -0.2) is 27.8 Å². The molecule has 1 aliphatic heterocycles. The number of carbonyl (C=O) groups excluding carboxylic acids is 1. The molecule has 0 fully saturated rings. The van der Waals surface area contributed by atoms with Crippen molar-refractivity contribution < 1.29 is 9.53 Å². The molecular weight excluding hydrogens is 292 g/mol. The van der Waals surface area contributed by atoms with E-state index in [9.17, 15) is 4.79 Å². The van der Waals surface area contributed by atoms with E-state index in [-0.39, 0.29) is 12.0 Å². The lowest BCUT2D eigenvalue weighted by molar-refractivity contribution is -0.136. The van der Waals surface area contributed by atoms with Crippen LogP contribution in [0.1, 0.15) is 24.9 Å². The quantitative estimate of drug-likeness (QED) is 0.879. The van der Waals surface area contributed by atoms with E-state index in [4.69, 9.17) is 4.74 Å². The summed E-state index contributed by atoms with van der Waals surface area (Å²) in [6.45, 7) is 1.98. The van der Waals surface area contributed by atoms with Crippen LogP contribution in [-0.2, 0) is 9.53 Å². The summed E-state index contributed by atoms with van der Waals surface area (Å²) in [7, 11) is 1.39. The third-order valence-electron chi connectivity index (χ3n) is 3.75. The van der Waals surface area contributed by atoms with Crippen molar-refractivity contribution in [2.75, 3.05) is 12.4 Å². The maximum Gasteiger partial charge on any atom is 0.338 e. The number of ether oxygens (including phenoxy) is 1. The molecule has 1 aromatic heterocycles. The molecule has 1 N–H and O–H groups in total. The number of aromatic nitrogens is 3. The van der Waals surface area contributed by atoms with Crippen molar-refractivity contribution in [3.05, 3.63) is 59.6 Å². The molecule has 0 saturated heterocycles. The molecular formula is C17H18N4O2. The van der Waals surface area contributed by atoms with Crippen LogP contribution in [0, 0.1) is 0 Å². The number of fused-ring (bicyclic) bond motifs is 1. The highest BCUT2D eigenvalue weighted by atomic mass is 16.5. The normalized spacial score (nSPS) is 17.0. The van der Waals surface area contributed by atoms with E-state index in [1.54, 1.807) is 4.68 Å². The van der Waals surface area contributed by atoms with Gasteiger partial charge in [-0.1, -0.05) is 49.4 Å². The van der Waals surface area contributed by atoms with Crippen LogP contribution in [0.2, 0.25) is 0 Å². The van der Waals surface area contributed by atoms with Gasteiger partial charge in [-0.3, -0.25) is 0 Å². The van der Waals surface area contributed by atoms with E-state index in [1.165, 1.54) is 13.4 Å². The highest BCUT2D eigenvalue weighted by Crippen LogP contribution is 2.32. The molecule has 1 aliphatic rings. The number of anilines is 1. The molecule has 0 radical (unpaired) electrons. The monoisotopic (exact) mass is 310 g/mol. The SMILES string of the molecule is CCC1=C(C(=O)OC)C(C=Cc2ccccc2)n2ncnc2N1. The third kappa shape index (κ3) is 2.88. The van der Waals surface area contributed by atoms with Gasteiger partial charge in [0.25, 0.3) is 0 Å². The van der Waals surface area contributed by atoms with Crippen LogP contribution in [0.25, 0.3) is 6.08 Å². The maximum absolute atomic E-state index is 12.3. The first-order valence-corrected chi connectivity index (χ1v) is 7.45. The third-order valence-corrected chi connectivity index (χ3v) is 3.75. The number of nitrogens with one attached hydrogen (secondary N) is 1. The molecule has 0 aliphatic carbocycles. The van der Waals surface area contributed by atoms with E-state index >= 15 is 0 Å². The van der Waals surface area contributed by atoms with Crippen molar-refractivity contribution in [3.63, 3.8) is 0 Å². The van der Waals surface area contributed by atoms with E-state index in [1.807, 2.05) is 49.4 Å². The standard InChI is InChI=1S/C17H18N4O2/c1-3-13-15(16(22)23-2)14(21-17(20-13)18-11-19-21)10-9-12-7-5-4-6-8-12/h4-11,14H,3H2,1-2H3,(H,18,19,20). The summed E-state index contributed by atoms with van der Waals surface area (Å²) in [5.74, 6) is 0.260. The topological polar surface area (TPSA) is 69.0 Å². The molecule has 0 spiro atoms. The number of rotatable bonds is 4. The van der Waals surface area contributed by atoms with Crippen molar-refractivity contribution >= 4 is 18.0 Å². The Labute approximate surface area is 134 Å². The number of carbonyl (C=O) groups is 1. The van der Waals surface area contributed by atoms with E-state index < -0.39 is 0 Å². The molecule has 0 saturated carbocycles. The van der Waals surface area contributed by atoms with Crippen LogP contribution in [0.3, 0.4) is 0 Å². The molecule has 1 aromatic carbocycles. The van der Waals surface area contributed by atoms with Gasteiger partial charge in [-0.15, -0.1) is 0 Å². The van der Waals surface area contributed by atoms with Gasteiger partial charge in [0.05, 0.1) is 12.7 Å². The largest absolute Gasteiger partial charge is 0.466 e. The summed E-state index contributed by atoms with van der Waals surface area (Å²) < 4.78 is 6.65. The molecule has 2 heterocycles. The number of hydrogen-bond acceptors (Lipinski definition) is 5. The number of nitrogens with zero attached hydrogens (tertiary/aromatic N) is 3. The summed E-state index contributed by atoms with van der Waals surface area (Å²) in [4.78, 5) is 16.5. The number of hydrogen-bond donors (Lipinski definition) is 1. The highest BCUT2D eigenvalue weighted by Gasteiger charge is 2.31. The van der Waals surface area contributed by atoms with Crippen LogP contribution in [0.15, 0.2) is 54.0 Å². The van der Waals surface area contributed by atoms with Gasteiger partial charge in [-0.2, -0.15) is 10.1 Å². The Balaban J connectivity index is 2.04. The zero-order chi connectivity index (χ0) is 16.2. The predicted molar refractivity (Wildman–Crippen MR) is 87.5 cm³/mol. The molecule has 6 heteroatoms. The lowest BCUT2D eigenvalue weighted by Crippen LogP contribution is -2.28. The molecule has 3 rings (SSSR count). The van der Waals surface area contributed by atoms with Crippen molar-refractivity contribution in [3.8, 4) is 0 Å². The number of allylic oxidation sites excluding steroid dienone is 2. The average Bonchev–Trinajstić information content (AvgIpc) is 3.07. The van der Waals surface area contributed by atoms with Gasteiger partial charge in [-0.25, -0.2) is 9.48 Å². The molecule has 118 valence electrons. The molecule has 2 aromatic rings. The Morgan fingerprint density at radius 2 is 2.17 bits per heavy atom. The lowest BCUT2D eigenvalue weighted by atomic mass is 10.00. The predicted octanol–water partition coefficient (Wildman–Crippen LogP) is 2.80. The van der Waals surface area contributed by atoms with Crippen molar-refractivity contribution in [2.24, 2.45) is 0 Å². The Hall–Kier alpha value is -2.89. The summed E-state index contributed by atoms with van der Waals surface area (Å²) in [5, 5.41) is 7.39. The minimum Gasteiger partial charge on any atom is -0.466 e. The Morgan fingerprint density at radius 1 is 1.39 bits per heavy atom. The summed E-state index contributed by atoms with van der Waals surface area (Å²) in [5.41, 5.74) is 2.41. The van der Waals surface area contributed by atoms with Crippen molar-refractivity contribution in [1.82, 2.24) is 14.8 Å². The van der Waals surface area contributed by atoms with Crippen molar-refractivity contribution in [1.29, 1.82) is 0 Å². The average molecular weight is 310 g/mol. The molecule has 0 bridgehead atoms. The van der Waals surface area contributed by atoms with Crippen LogP contribution in [0.5, 0.6) is 0 Å². The second-order valence-electron chi connectivity index (χ2n) is 5.11. The van der Waals surface area contributed by atoms with Crippen LogP contribution < -0.4 is 5.32 Å². The molecule has 23 heavy (non-hydrogen) atoms. The highest BCUT2D eigenvalue weighted by molar-refractivity contribution is 5.92. The smallest absolute Gasteiger partial charge is 0.338 e. The first kappa shape index (κ1) is 15.0. The van der Waals surface area contributed by atoms with Gasteiger partial charge in [0, 0.05) is 5.70 Å². The zero-order valence-electron chi connectivity index (χ0n) is 13.1. The summed E-state index contributed by atoms with van der Waals surface area (Å²) in [6.07, 6.45) is 6.06. The Morgan fingerprint density at radius 3 is 2.87 bits per heavy atom. The first-order valence-electron chi connectivity index (χ1n) is 7.45. The first-order chi connectivity index (χ1) is 11.2. The second kappa shape index (κ2) is 6.48. The number of methoxy groups -OCH3 is 1. The zero-order valence-corrected chi connectivity index (χ0v) is 13.1. The Bertz CT molecular complexity index is 762. The molecule has 1 unspecified atom stereocenters. The molecule has 1 atom stereocenters. The maximum atomic E-state index is 12.3. The fourth-order valence-electron chi connectivity index (χ4n) is 2.62. The minimum absolute atomic E-state index is 0.351.